The Labute approximate surface area is 184 Å². The van der Waals surface area contributed by atoms with Crippen molar-refractivity contribution >= 4 is 23.2 Å². The van der Waals surface area contributed by atoms with E-state index in [9.17, 15) is 18.8 Å². The number of nitrogens with one attached hydrogen (secondary N) is 3. The van der Waals surface area contributed by atoms with Crippen LogP contribution >= 0.6 is 0 Å². The van der Waals surface area contributed by atoms with Gasteiger partial charge in [-0.1, -0.05) is 0 Å². The normalized spacial score (nSPS) is 15.4. The Balaban J connectivity index is 1.45. The number of halogens is 1. The second kappa shape index (κ2) is 9.13. The van der Waals surface area contributed by atoms with E-state index in [0.717, 1.165) is 0 Å². The van der Waals surface area contributed by atoms with E-state index in [2.05, 4.69) is 20.6 Å². The molecule has 0 bridgehead atoms. The van der Waals surface area contributed by atoms with Crippen molar-refractivity contribution in [3.05, 3.63) is 76.0 Å². The van der Waals surface area contributed by atoms with Crippen molar-refractivity contribution in [2.24, 2.45) is 5.92 Å². The Kier molecular flexibility index (Phi) is 6.11. The molecule has 0 saturated heterocycles. The summed E-state index contributed by atoms with van der Waals surface area (Å²) >= 11 is 0. The molecule has 3 aromatic rings. The van der Waals surface area contributed by atoms with Gasteiger partial charge in [-0.25, -0.2) is 9.37 Å². The van der Waals surface area contributed by atoms with Crippen LogP contribution in [0.2, 0.25) is 0 Å². The van der Waals surface area contributed by atoms with Gasteiger partial charge in [0.2, 0.25) is 11.8 Å². The van der Waals surface area contributed by atoms with E-state index in [4.69, 9.17) is 0 Å². The third-order valence-electron chi connectivity index (χ3n) is 5.53. The lowest BCUT2D eigenvalue weighted by Gasteiger charge is -2.14. The summed E-state index contributed by atoms with van der Waals surface area (Å²) in [5.74, 6) is -0.487. The molecule has 3 N–H and O–H groups in total. The zero-order valence-corrected chi connectivity index (χ0v) is 17.6. The first-order valence-corrected chi connectivity index (χ1v) is 10.5. The summed E-state index contributed by atoms with van der Waals surface area (Å²) < 4.78 is 13.2. The molecule has 1 unspecified atom stereocenters. The van der Waals surface area contributed by atoms with Crippen LogP contribution < -0.4 is 16.2 Å². The van der Waals surface area contributed by atoms with Crippen LogP contribution in [0.3, 0.4) is 0 Å². The van der Waals surface area contributed by atoms with Crippen LogP contribution in [0.5, 0.6) is 0 Å². The summed E-state index contributed by atoms with van der Waals surface area (Å²) in [4.78, 5) is 44.0. The van der Waals surface area contributed by atoms with Gasteiger partial charge in [0.1, 0.15) is 11.6 Å². The standard InChI is InChI=1S/C24H23FN4O3/c1-14(30)26-18-8-10-19(11-9-18)27-23(31)16-4-12-20-21(13-5-16)28-22(29-24(20)32)15-2-6-17(25)7-3-15/h2-3,6-11,16H,4-5,12-13H2,1H3,(H,26,30)(H,27,31)(H,28,29,32). The monoisotopic (exact) mass is 434 g/mol. The molecule has 7 nitrogen and oxygen atoms in total. The van der Waals surface area contributed by atoms with Crippen molar-refractivity contribution in [2.45, 2.75) is 32.6 Å². The Bertz CT molecular complexity index is 1200. The first-order valence-electron chi connectivity index (χ1n) is 10.5. The number of rotatable bonds is 4. The predicted octanol–water partition coefficient (Wildman–Crippen LogP) is 3.67. The molecule has 32 heavy (non-hydrogen) atoms. The highest BCUT2D eigenvalue weighted by Crippen LogP contribution is 2.25. The lowest BCUT2D eigenvalue weighted by atomic mass is 9.98. The molecular weight excluding hydrogens is 411 g/mol. The molecule has 2 aromatic carbocycles. The number of fused-ring (bicyclic) bond motifs is 1. The number of hydrogen-bond donors (Lipinski definition) is 3. The molecule has 164 valence electrons. The molecule has 2 amide bonds. The summed E-state index contributed by atoms with van der Waals surface area (Å²) in [6, 6.07) is 12.7. The molecule has 8 heteroatoms. The van der Waals surface area contributed by atoms with Gasteiger partial charge in [-0.05, 0) is 74.2 Å². The van der Waals surface area contributed by atoms with Gasteiger partial charge in [-0.3, -0.25) is 14.4 Å². The van der Waals surface area contributed by atoms with Crippen LogP contribution in [0.15, 0.2) is 53.3 Å². The minimum Gasteiger partial charge on any atom is -0.326 e. The molecule has 0 fully saturated rings. The fraction of sp³-hybridized carbons (Fsp3) is 0.250. The Morgan fingerprint density at radius 2 is 1.59 bits per heavy atom. The largest absolute Gasteiger partial charge is 0.326 e. The van der Waals surface area contributed by atoms with Crippen molar-refractivity contribution in [1.29, 1.82) is 0 Å². The van der Waals surface area contributed by atoms with Gasteiger partial charge < -0.3 is 15.6 Å². The van der Waals surface area contributed by atoms with Crippen molar-refractivity contribution < 1.29 is 14.0 Å². The Hall–Kier alpha value is -3.81. The van der Waals surface area contributed by atoms with Gasteiger partial charge in [-0.15, -0.1) is 0 Å². The number of carbonyl (C=O) groups excluding carboxylic acids is 2. The minimum atomic E-state index is -0.357. The molecule has 1 aromatic heterocycles. The van der Waals surface area contributed by atoms with Gasteiger partial charge in [-0.2, -0.15) is 0 Å². The van der Waals surface area contributed by atoms with E-state index in [1.807, 2.05) is 0 Å². The molecule has 0 spiro atoms. The van der Waals surface area contributed by atoms with E-state index in [1.54, 1.807) is 36.4 Å². The van der Waals surface area contributed by atoms with Crippen molar-refractivity contribution in [2.75, 3.05) is 10.6 Å². The lowest BCUT2D eigenvalue weighted by molar-refractivity contribution is -0.120. The Morgan fingerprint density at radius 3 is 2.25 bits per heavy atom. The number of aryl methyl sites for hydroxylation is 1. The summed E-state index contributed by atoms with van der Waals surface area (Å²) in [7, 11) is 0. The van der Waals surface area contributed by atoms with Crippen molar-refractivity contribution in [1.82, 2.24) is 9.97 Å². The number of amides is 2. The molecule has 0 saturated carbocycles. The summed E-state index contributed by atoms with van der Waals surface area (Å²) in [6.07, 6.45) is 2.08. The number of H-pyrrole nitrogens is 1. The molecule has 1 aliphatic rings. The average Bonchev–Trinajstić information content (AvgIpc) is 2.98. The van der Waals surface area contributed by atoms with E-state index in [1.165, 1.54) is 19.1 Å². The number of nitrogens with zero attached hydrogens (tertiary/aromatic N) is 1. The van der Waals surface area contributed by atoms with Crippen LogP contribution in [0.1, 0.15) is 31.0 Å². The zero-order chi connectivity index (χ0) is 22.7. The van der Waals surface area contributed by atoms with E-state index in [0.29, 0.717) is 59.7 Å². The smallest absolute Gasteiger partial charge is 0.254 e. The second-order valence-corrected chi connectivity index (χ2v) is 7.87. The Morgan fingerprint density at radius 1 is 0.969 bits per heavy atom. The van der Waals surface area contributed by atoms with E-state index < -0.39 is 0 Å². The van der Waals surface area contributed by atoms with Crippen molar-refractivity contribution in [3.8, 4) is 11.4 Å². The third kappa shape index (κ3) is 4.91. The predicted molar refractivity (Wildman–Crippen MR) is 120 cm³/mol. The maximum absolute atomic E-state index is 13.2. The summed E-state index contributed by atoms with van der Waals surface area (Å²) in [5, 5.41) is 5.59. The van der Waals surface area contributed by atoms with Crippen LogP contribution in [-0.2, 0) is 22.4 Å². The third-order valence-corrected chi connectivity index (χ3v) is 5.53. The second-order valence-electron chi connectivity index (χ2n) is 7.87. The maximum Gasteiger partial charge on any atom is 0.254 e. The van der Waals surface area contributed by atoms with E-state index in [-0.39, 0.29) is 29.1 Å². The van der Waals surface area contributed by atoms with Gasteiger partial charge in [0.25, 0.3) is 5.56 Å². The average molecular weight is 434 g/mol. The van der Waals surface area contributed by atoms with Crippen LogP contribution in [0, 0.1) is 11.7 Å². The number of carbonyl (C=O) groups is 2. The number of aromatic nitrogens is 2. The number of aromatic amines is 1. The molecule has 1 atom stereocenters. The molecule has 0 aliphatic heterocycles. The molecule has 1 aliphatic carbocycles. The van der Waals surface area contributed by atoms with Gasteiger partial charge in [0.15, 0.2) is 0 Å². The highest BCUT2D eigenvalue weighted by atomic mass is 19.1. The first kappa shape index (κ1) is 21.4. The highest BCUT2D eigenvalue weighted by molar-refractivity contribution is 5.93. The number of benzene rings is 2. The minimum absolute atomic E-state index is 0.111. The summed E-state index contributed by atoms with van der Waals surface area (Å²) in [6.45, 7) is 1.43. The maximum atomic E-state index is 13.2. The molecular formula is C24H23FN4O3. The van der Waals surface area contributed by atoms with Gasteiger partial charge >= 0.3 is 0 Å². The topological polar surface area (TPSA) is 104 Å². The van der Waals surface area contributed by atoms with Crippen LogP contribution in [0.4, 0.5) is 15.8 Å². The molecule has 4 rings (SSSR count). The fourth-order valence-electron chi connectivity index (χ4n) is 3.87. The quantitative estimate of drug-likeness (QED) is 0.545. The molecule has 0 radical (unpaired) electrons. The van der Waals surface area contributed by atoms with Crippen LogP contribution in [0.25, 0.3) is 11.4 Å². The van der Waals surface area contributed by atoms with E-state index >= 15 is 0 Å². The SMILES string of the molecule is CC(=O)Nc1ccc(NC(=O)C2CCc3nc(-c4ccc(F)cc4)[nH]c(=O)c3CC2)cc1. The number of hydrogen-bond acceptors (Lipinski definition) is 4. The van der Waals surface area contributed by atoms with Crippen LogP contribution in [-0.4, -0.2) is 21.8 Å². The highest BCUT2D eigenvalue weighted by Gasteiger charge is 2.25. The van der Waals surface area contributed by atoms with Gasteiger partial charge in [0, 0.05) is 35.3 Å². The van der Waals surface area contributed by atoms with Crippen molar-refractivity contribution in [3.63, 3.8) is 0 Å². The number of anilines is 2. The fourth-order valence-corrected chi connectivity index (χ4v) is 3.87. The first-order chi connectivity index (χ1) is 15.4. The summed E-state index contributed by atoms with van der Waals surface area (Å²) in [5.41, 5.74) is 2.99. The lowest BCUT2D eigenvalue weighted by Crippen LogP contribution is -2.23. The van der Waals surface area contributed by atoms with Gasteiger partial charge in [0.05, 0.1) is 5.69 Å². The molecule has 1 heterocycles. The zero-order valence-electron chi connectivity index (χ0n) is 17.6.